The molecule has 0 unspecified atom stereocenters. The van der Waals surface area contributed by atoms with Gasteiger partial charge in [-0.3, -0.25) is 13.9 Å². The van der Waals surface area contributed by atoms with Crippen LogP contribution in [0.15, 0.2) is 96.2 Å². The topological polar surface area (TPSA) is 96.7 Å². The van der Waals surface area contributed by atoms with Crippen molar-refractivity contribution >= 4 is 44.7 Å². The van der Waals surface area contributed by atoms with Crippen LogP contribution < -0.4 is 9.62 Å². The Morgan fingerprint density at radius 1 is 1.00 bits per heavy atom. The lowest BCUT2D eigenvalue weighted by Crippen LogP contribution is -2.28. The molecule has 0 spiro atoms. The molecule has 0 aliphatic carbocycles. The van der Waals surface area contributed by atoms with E-state index in [1.54, 1.807) is 66.3 Å². The molecule has 2 aromatic heterocycles. The molecule has 0 fully saturated rings. The first-order chi connectivity index (χ1) is 17.7. The number of rotatable bonds is 6. The van der Waals surface area contributed by atoms with E-state index in [1.807, 2.05) is 0 Å². The van der Waals surface area contributed by atoms with Crippen molar-refractivity contribution in [3.05, 3.63) is 108 Å². The number of nitrogens with one attached hydrogen (secondary N) is 1. The van der Waals surface area contributed by atoms with E-state index in [9.17, 15) is 17.6 Å². The van der Waals surface area contributed by atoms with Crippen molar-refractivity contribution in [3.63, 3.8) is 0 Å². The number of anilines is 2. The third-order valence-electron chi connectivity index (χ3n) is 5.66. The fourth-order valence-corrected chi connectivity index (χ4v) is 4.94. The Bertz CT molecular complexity index is 1700. The van der Waals surface area contributed by atoms with Crippen LogP contribution >= 0.6 is 11.6 Å². The second-order valence-electron chi connectivity index (χ2n) is 8.08. The smallest absolute Gasteiger partial charge is 0.277 e. The molecule has 0 radical (unpaired) electrons. The number of fused-ring (bicyclic) bond motifs is 1. The number of carbonyl (C=O) groups excluding carboxylic acids is 1. The maximum Gasteiger partial charge on any atom is 0.277 e. The molecule has 0 atom stereocenters. The average Bonchev–Trinajstić information content (AvgIpc) is 3.29. The number of nitrogens with zero attached hydrogens (tertiary/aromatic N) is 4. The van der Waals surface area contributed by atoms with Gasteiger partial charge in [-0.1, -0.05) is 23.7 Å². The zero-order valence-electron chi connectivity index (χ0n) is 19.3. The van der Waals surface area contributed by atoms with Gasteiger partial charge in [0, 0.05) is 41.4 Å². The van der Waals surface area contributed by atoms with Crippen LogP contribution in [0.25, 0.3) is 17.0 Å². The van der Waals surface area contributed by atoms with Crippen LogP contribution in [0.2, 0.25) is 5.02 Å². The minimum Gasteiger partial charge on any atom is -0.310 e. The molecule has 0 aliphatic rings. The van der Waals surface area contributed by atoms with Gasteiger partial charge in [0.2, 0.25) is 5.78 Å². The van der Waals surface area contributed by atoms with Crippen LogP contribution in [-0.4, -0.2) is 35.7 Å². The van der Waals surface area contributed by atoms with Gasteiger partial charge in [-0.25, -0.2) is 22.8 Å². The fraction of sp³-hybridized carbons (Fsp3) is 0.0385. The minimum atomic E-state index is -3.93. The zero-order chi connectivity index (χ0) is 26.2. The third-order valence-corrected chi connectivity index (χ3v) is 7.31. The van der Waals surface area contributed by atoms with Gasteiger partial charge in [-0.05, 0) is 66.7 Å². The highest BCUT2D eigenvalue weighted by Gasteiger charge is 2.25. The quantitative estimate of drug-likeness (QED) is 0.320. The van der Waals surface area contributed by atoms with E-state index in [0.29, 0.717) is 27.7 Å². The third kappa shape index (κ3) is 4.89. The second kappa shape index (κ2) is 9.64. The summed E-state index contributed by atoms with van der Waals surface area (Å²) in [7, 11) is -2.28. The molecule has 0 saturated carbocycles. The van der Waals surface area contributed by atoms with Gasteiger partial charge in [0.05, 0.1) is 4.90 Å². The summed E-state index contributed by atoms with van der Waals surface area (Å²) < 4.78 is 42.8. The number of benzene rings is 3. The number of aromatic nitrogens is 3. The van der Waals surface area contributed by atoms with Crippen molar-refractivity contribution < 1.29 is 17.6 Å². The first-order valence-corrected chi connectivity index (χ1v) is 12.8. The lowest BCUT2D eigenvalue weighted by atomic mass is 10.1. The summed E-state index contributed by atoms with van der Waals surface area (Å²) in [5, 5.41) is 0.549. The summed E-state index contributed by atoms with van der Waals surface area (Å²) in [6.07, 6.45) is 3.26. The number of sulfonamides is 1. The van der Waals surface area contributed by atoms with Crippen molar-refractivity contribution in [2.24, 2.45) is 0 Å². The molecule has 186 valence electrons. The minimum absolute atomic E-state index is 0.00590. The maximum absolute atomic E-state index is 13.6. The maximum atomic E-state index is 13.6. The van der Waals surface area contributed by atoms with Gasteiger partial charge in [0.1, 0.15) is 17.2 Å². The van der Waals surface area contributed by atoms with Crippen LogP contribution in [0.3, 0.4) is 0 Å². The van der Waals surface area contributed by atoms with E-state index in [1.165, 1.54) is 29.2 Å². The van der Waals surface area contributed by atoms with Crippen molar-refractivity contribution in [3.8, 4) is 11.3 Å². The predicted octanol–water partition coefficient (Wildman–Crippen LogP) is 5.27. The lowest BCUT2D eigenvalue weighted by molar-refractivity contribution is 0.0988. The van der Waals surface area contributed by atoms with Crippen molar-refractivity contribution in [2.45, 2.75) is 4.90 Å². The molecule has 5 rings (SSSR count). The van der Waals surface area contributed by atoms with Crippen molar-refractivity contribution in [2.75, 3.05) is 16.7 Å². The summed E-state index contributed by atoms with van der Waals surface area (Å²) in [4.78, 5) is 23.9. The van der Waals surface area contributed by atoms with E-state index in [4.69, 9.17) is 11.6 Å². The number of imidazole rings is 1. The van der Waals surface area contributed by atoms with Crippen LogP contribution in [0.1, 0.15) is 10.5 Å². The summed E-state index contributed by atoms with van der Waals surface area (Å²) >= 11 is 5.99. The largest absolute Gasteiger partial charge is 0.310 e. The SMILES string of the molecule is CN(C(=O)c1c(-c2ccc(S(=O)(=O)Nc3ccc(F)cc3)cc2)nc2ncccn12)c1ccc(Cl)cc1. The summed E-state index contributed by atoms with van der Waals surface area (Å²) in [6, 6.07) is 19.5. The molecule has 0 bridgehead atoms. The summed E-state index contributed by atoms with van der Waals surface area (Å²) in [6.45, 7) is 0. The number of halogens is 2. The van der Waals surface area contributed by atoms with E-state index >= 15 is 0 Å². The van der Waals surface area contributed by atoms with Gasteiger partial charge < -0.3 is 4.90 Å². The predicted molar refractivity (Wildman–Crippen MR) is 140 cm³/mol. The van der Waals surface area contributed by atoms with Crippen LogP contribution in [0.5, 0.6) is 0 Å². The lowest BCUT2D eigenvalue weighted by Gasteiger charge is -2.18. The molecule has 3 aromatic carbocycles. The Morgan fingerprint density at radius 2 is 1.68 bits per heavy atom. The normalized spacial score (nSPS) is 11.4. The number of hydrogen-bond donors (Lipinski definition) is 1. The Labute approximate surface area is 217 Å². The molecule has 0 aliphatic heterocycles. The highest BCUT2D eigenvalue weighted by atomic mass is 35.5. The molecule has 37 heavy (non-hydrogen) atoms. The molecular formula is C26H19ClFN5O3S. The molecule has 2 heterocycles. The monoisotopic (exact) mass is 535 g/mol. The highest BCUT2D eigenvalue weighted by Crippen LogP contribution is 2.28. The number of amides is 1. The molecular weight excluding hydrogens is 517 g/mol. The van der Waals surface area contributed by atoms with Crippen molar-refractivity contribution in [1.29, 1.82) is 0 Å². The van der Waals surface area contributed by atoms with Crippen molar-refractivity contribution in [1.82, 2.24) is 14.4 Å². The van der Waals surface area contributed by atoms with Crippen LogP contribution in [-0.2, 0) is 10.0 Å². The molecule has 8 nitrogen and oxygen atoms in total. The first kappa shape index (κ1) is 24.4. The molecule has 5 aromatic rings. The Morgan fingerprint density at radius 3 is 2.35 bits per heavy atom. The van der Waals surface area contributed by atoms with E-state index in [-0.39, 0.29) is 22.2 Å². The summed E-state index contributed by atoms with van der Waals surface area (Å²) in [5.41, 5.74) is 2.00. The summed E-state index contributed by atoms with van der Waals surface area (Å²) in [5.74, 6) is -0.492. The molecule has 1 amide bonds. The van der Waals surface area contributed by atoms with Gasteiger partial charge >= 0.3 is 0 Å². The molecule has 0 saturated heterocycles. The van der Waals surface area contributed by atoms with Gasteiger partial charge in [-0.2, -0.15) is 0 Å². The zero-order valence-corrected chi connectivity index (χ0v) is 20.9. The fourth-order valence-electron chi connectivity index (χ4n) is 3.76. The van der Waals surface area contributed by atoms with Gasteiger partial charge in [0.25, 0.3) is 15.9 Å². The number of carbonyl (C=O) groups is 1. The van der Waals surface area contributed by atoms with Crippen LogP contribution in [0.4, 0.5) is 15.8 Å². The van der Waals surface area contributed by atoms with E-state index in [0.717, 1.165) is 12.1 Å². The molecule has 11 heteroatoms. The Kier molecular flexibility index (Phi) is 6.36. The standard InChI is InChI=1S/C26H19ClFN5O3S/c1-32(21-11-5-18(27)6-12-21)25(34)24-23(30-26-29-15-2-16-33(24)26)17-3-13-22(14-4-17)37(35,36)31-20-9-7-19(28)8-10-20/h2-16,31H,1H3. The number of hydrogen-bond acceptors (Lipinski definition) is 5. The Balaban J connectivity index is 1.51. The highest BCUT2D eigenvalue weighted by molar-refractivity contribution is 7.92. The second-order valence-corrected chi connectivity index (χ2v) is 10.2. The Hall–Kier alpha value is -4.28. The first-order valence-electron chi connectivity index (χ1n) is 11.0. The molecule has 1 N–H and O–H groups in total. The van der Waals surface area contributed by atoms with Gasteiger partial charge in [-0.15, -0.1) is 0 Å². The average molecular weight is 536 g/mol. The van der Waals surface area contributed by atoms with Gasteiger partial charge in [0.15, 0.2) is 0 Å². The van der Waals surface area contributed by atoms with E-state index < -0.39 is 15.8 Å². The van der Waals surface area contributed by atoms with E-state index in [2.05, 4.69) is 14.7 Å². The van der Waals surface area contributed by atoms with Crippen LogP contribution in [0, 0.1) is 5.82 Å².